The molecule has 1 unspecified atom stereocenters. The van der Waals surface area contributed by atoms with Crippen LogP contribution in [-0.2, 0) is 0 Å². The Morgan fingerprint density at radius 3 is 2.71 bits per heavy atom. The normalized spacial score (nSPS) is 17.7. The van der Waals surface area contributed by atoms with Gasteiger partial charge >= 0.3 is 0 Å². The summed E-state index contributed by atoms with van der Waals surface area (Å²) in [4.78, 5) is 6.73. The minimum atomic E-state index is 0.310. The van der Waals surface area contributed by atoms with Crippen LogP contribution in [0, 0.1) is 5.92 Å². The highest BCUT2D eigenvalue weighted by Crippen LogP contribution is 2.33. The Kier molecular flexibility index (Phi) is 4.13. The summed E-state index contributed by atoms with van der Waals surface area (Å²) < 4.78 is 0. The smallest absolute Gasteiger partial charge is 0.0488 e. The highest BCUT2D eigenvalue weighted by atomic mass is 15.2. The maximum atomic E-state index is 5.97. The standard InChI is InChI=1S/C14H23N3/c1-11(2)17(10-12-5-6-12)14(8-15)13-4-3-7-16-9-13/h3-4,7,9,11-12,14H,5-6,8,10,15H2,1-2H3. The van der Waals surface area contributed by atoms with E-state index in [-0.39, 0.29) is 0 Å². The predicted octanol–water partition coefficient (Wildman–Crippen LogP) is 2.20. The molecule has 94 valence electrons. The molecule has 0 bridgehead atoms. The quantitative estimate of drug-likeness (QED) is 0.819. The second-order valence-electron chi connectivity index (χ2n) is 5.27. The van der Waals surface area contributed by atoms with Crippen LogP contribution in [0.5, 0.6) is 0 Å². The molecular formula is C14H23N3. The lowest BCUT2D eigenvalue weighted by molar-refractivity contribution is 0.149. The molecule has 1 heterocycles. The fourth-order valence-corrected chi connectivity index (χ4v) is 2.33. The Hall–Kier alpha value is -0.930. The van der Waals surface area contributed by atoms with Gasteiger partial charge in [-0.1, -0.05) is 6.07 Å². The van der Waals surface area contributed by atoms with E-state index >= 15 is 0 Å². The molecule has 1 aliphatic rings. The molecule has 0 radical (unpaired) electrons. The van der Waals surface area contributed by atoms with E-state index < -0.39 is 0 Å². The van der Waals surface area contributed by atoms with Crippen molar-refractivity contribution in [2.75, 3.05) is 13.1 Å². The van der Waals surface area contributed by atoms with E-state index in [1.54, 1.807) is 0 Å². The van der Waals surface area contributed by atoms with E-state index in [9.17, 15) is 0 Å². The fraction of sp³-hybridized carbons (Fsp3) is 0.643. The molecular weight excluding hydrogens is 210 g/mol. The van der Waals surface area contributed by atoms with Gasteiger partial charge in [0.2, 0.25) is 0 Å². The maximum absolute atomic E-state index is 5.97. The molecule has 2 N–H and O–H groups in total. The van der Waals surface area contributed by atoms with Crippen molar-refractivity contribution in [3.05, 3.63) is 30.1 Å². The zero-order valence-corrected chi connectivity index (χ0v) is 10.8. The zero-order chi connectivity index (χ0) is 12.3. The van der Waals surface area contributed by atoms with Crippen molar-refractivity contribution in [3.63, 3.8) is 0 Å². The third-order valence-corrected chi connectivity index (χ3v) is 3.52. The highest BCUT2D eigenvalue weighted by Gasteiger charge is 2.29. The first-order valence-electron chi connectivity index (χ1n) is 6.58. The summed E-state index contributed by atoms with van der Waals surface area (Å²) in [6.07, 6.45) is 6.53. The van der Waals surface area contributed by atoms with Crippen molar-refractivity contribution in [1.29, 1.82) is 0 Å². The molecule has 1 aromatic rings. The van der Waals surface area contributed by atoms with Crippen LogP contribution < -0.4 is 5.73 Å². The van der Waals surface area contributed by atoms with Gasteiger partial charge in [-0.15, -0.1) is 0 Å². The van der Waals surface area contributed by atoms with Crippen LogP contribution in [0.1, 0.15) is 38.3 Å². The second-order valence-corrected chi connectivity index (χ2v) is 5.27. The van der Waals surface area contributed by atoms with Gasteiger partial charge in [0.25, 0.3) is 0 Å². The number of hydrogen-bond acceptors (Lipinski definition) is 3. The number of hydrogen-bond donors (Lipinski definition) is 1. The Bertz CT molecular complexity index is 333. The summed E-state index contributed by atoms with van der Waals surface area (Å²) >= 11 is 0. The van der Waals surface area contributed by atoms with Crippen LogP contribution in [0.15, 0.2) is 24.5 Å². The van der Waals surface area contributed by atoms with Crippen molar-refractivity contribution in [2.45, 2.75) is 38.8 Å². The molecule has 0 amide bonds. The average molecular weight is 233 g/mol. The number of nitrogens with two attached hydrogens (primary N) is 1. The minimum Gasteiger partial charge on any atom is -0.329 e. The first kappa shape index (κ1) is 12.5. The lowest BCUT2D eigenvalue weighted by Crippen LogP contribution is -2.40. The molecule has 1 atom stereocenters. The van der Waals surface area contributed by atoms with Gasteiger partial charge in [0.15, 0.2) is 0 Å². The van der Waals surface area contributed by atoms with Crippen LogP contribution in [0.4, 0.5) is 0 Å². The molecule has 0 spiro atoms. The van der Waals surface area contributed by atoms with E-state index in [0.717, 1.165) is 5.92 Å². The van der Waals surface area contributed by atoms with E-state index in [2.05, 4.69) is 29.8 Å². The van der Waals surface area contributed by atoms with Crippen LogP contribution >= 0.6 is 0 Å². The number of rotatable bonds is 6. The third kappa shape index (κ3) is 3.27. The van der Waals surface area contributed by atoms with Gasteiger partial charge in [-0.3, -0.25) is 9.88 Å². The lowest BCUT2D eigenvalue weighted by atomic mass is 10.1. The SMILES string of the molecule is CC(C)N(CC1CC1)C(CN)c1cccnc1. The van der Waals surface area contributed by atoms with Crippen molar-refractivity contribution in [3.8, 4) is 0 Å². The van der Waals surface area contributed by atoms with E-state index in [4.69, 9.17) is 5.73 Å². The van der Waals surface area contributed by atoms with E-state index in [1.165, 1.54) is 24.9 Å². The highest BCUT2D eigenvalue weighted by molar-refractivity contribution is 5.15. The largest absolute Gasteiger partial charge is 0.329 e. The fourth-order valence-electron chi connectivity index (χ4n) is 2.33. The molecule has 0 aliphatic heterocycles. The Morgan fingerprint density at radius 1 is 1.47 bits per heavy atom. The van der Waals surface area contributed by atoms with Crippen LogP contribution in [0.2, 0.25) is 0 Å². The summed E-state index contributed by atoms with van der Waals surface area (Å²) in [5.41, 5.74) is 7.21. The van der Waals surface area contributed by atoms with E-state index in [0.29, 0.717) is 18.6 Å². The first-order valence-corrected chi connectivity index (χ1v) is 6.58. The topological polar surface area (TPSA) is 42.1 Å². The molecule has 1 aromatic heterocycles. The summed E-state index contributed by atoms with van der Waals surface area (Å²) in [6, 6.07) is 4.97. The van der Waals surface area contributed by atoms with Crippen LogP contribution in [0.25, 0.3) is 0 Å². The van der Waals surface area contributed by atoms with E-state index in [1.807, 2.05) is 18.5 Å². The van der Waals surface area contributed by atoms with Gasteiger partial charge in [-0.25, -0.2) is 0 Å². The van der Waals surface area contributed by atoms with Gasteiger partial charge in [-0.2, -0.15) is 0 Å². The second kappa shape index (κ2) is 5.61. The molecule has 1 aliphatic carbocycles. The molecule has 0 saturated heterocycles. The monoisotopic (exact) mass is 233 g/mol. The summed E-state index contributed by atoms with van der Waals surface area (Å²) in [7, 11) is 0. The number of pyridine rings is 1. The lowest BCUT2D eigenvalue weighted by Gasteiger charge is -2.34. The minimum absolute atomic E-state index is 0.310. The van der Waals surface area contributed by atoms with Gasteiger partial charge in [-0.05, 0) is 44.2 Å². The molecule has 2 rings (SSSR count). The van der Waals surface area contributed by atoms with Gasteiger partial charge in [0.05, 0.1) is 0 Å². The van der Waals surface area contributed by atoms with Crippen LogP contribution in [0.3, 0.4) is 0 Å². The third-order valence-electron chi connectivity index (χ3n) is 3.52. The molecule has 1 fully saturated rings. The van der Waals surface area contributed by atoms with Crippen molar-refractivity contribution < 1.29 is 0 Å². The summed E-state index contributed by atoms with van der Waals surface area (Å²) in [5.74, 6) is 0.892. The summed E-state index contributed by atoms with van der Waals surface area (Å²) in [6.45, 7) is 6.34. The summed E-state index contributed by atoms with van der Waals surface area (Å²) in [5, 5.41) is 0. The zero-order valence-electron chi connectivity index (χ0n) is 10.8. The molecule has 1 saturated carbocycles. The first-order chi connectivity index (χ1) is 8.22. The van der Waals surface area contributed by atoms with Crippen molar-refractivity contribution in [1.82, 2.24) is 9.88 Å². The van der Waals surface area contributed by atoms with Crippen molar-refractivity contribution >= 4 is 0 Å². The Morgan fingerprint density at radius 2 is 2.24 bits per heavy atom. The van der Waals surface area contributed by atoms with Crippen LogP contribution in [-0.4, -0.2) is 29.0 Å². The predicted molar refractivity (Wildman–Crippen MR) is 70.6 cm³/mol. The maximum Gasteiger partial charge on any atom is 0.0488 e. The molecule has 0 aromatic carbocycles. The van der Waals surface area contributed by atoms with Gasteiger partial charge < -0.3 is 5.73 Å². The Labute approximate surface area is 104 Å². The van der Waals surface area contributed by atoms with Gasteiger partial charge in [0.1, 0.15) is 0 Å². The van der Waals surface area contributed by atoms with Gasteiger partial charge in [0, 0.05) is 37.6 Å². The molecule has 17 heavy (non-hydrogen) atoms. The average Bonchev–Trinajstić information content (AvgIpc) is 3.14. The molecule has 3 heteroatoms. The number of aromatic nitrogens is 1. The van der Waals surface area contributed by atoms with Crippen molar-refractivity contribution in [2.24, 2.45) is 11.7 Å². The molecule has 3 nitrogen and oxygen atoms in total. The number of nitrogens with zero attached hydrogens (tertiary/aromatic N) is 2. The Balaban J connectivity index is 2.13.